The van der Waals surface area contributed by atoms with Crippen LogP contribution in [0.5, 0.6) is 5.88 Å². The third kappa shape index (κ3) is 3.85. The summed E-state index contributed by atoms with van der Waals surface area (Å²) in [6.45, 7) is 0. The molecule has 2 amide bonds. The summed E-state index contributed by atoms with van der Waals surface area (Å²) in [5.41, 5.74) is 1.82. The highest BCUT2D eigenvalue weighted by atomic mass is 16.5. The quantitative estimate of drug-likeness (QED) is 0.889. The van der Waals surface area contributed by atoms with Gasteiger partial charge in [-0.1, -0.05) is 0 Å². The van der Waals surface area contributed by atoms with E-state index in [1.807, 2.05) is 0 Å². The summed E-state index contributed by atoms with van der Waals surface area (Å²) < 4.78 is 4.96. The summed E-state index contributed by atoms with van der Waals surface area (Å²) in [6.07, 6.45) is 3.39. The number of amides is 2. The largest absolute Gasteiger partial charge is 0.481 e. The van der Waals surface area contributed by atoms with Gasteiger partial charge in [-0.05, 0) is 43.2 Å². The second-order valence-corrected chi connectivity index (χ2v) is 5.38. The number of pyridine rings is 1. The molecule has 3 rings (SSSR count). The van der Waals surface area contributed by atoms with E-state index < -0.39 is 0 Å². The molecule has 6 nitrogen and oxygen atoms in total. The first kappa shape index (κ1) is 15.0. The highest BCUT2D eigenvalue weighted by molar-refractivity contribution is 6.04. The van der Waals surface area contributed by atoms with Crippen LogP contribution < -0.4 is 15.4 Å². The van der Waals surface area contributed by atoms with Crippen molar-refractivity contribution in [3.05, 3.63) is 48.2 Å². The fourth-order valence-electron chi connectivity index (χ4n) is 2.07. The summed E-state index contributed by atoms with van der Waals surface area (Å²) in [5, 5.41) is 5.63. The molecule has 0 spiro atoms. The maximum absolute atomic E-state index is 12.1. The number of nitrogens with zero attached hydrogens (tertiary/aromatic N) is 1. The predicted octanol–water partition coefficient (Wildman–Crippen LogP) is 2.69. The number of carbonyl (C=O) groups is 2. The Morgan fingerprint density at radius 3 is 2.22 bits per heavy atom. The van der Waals surface area contributed by atoms with Crippen LogP contribution >= 0.6 is 0 Å². The minimum absolute atomic E-state index is 0.0612. The summed E-state index contributed by atoms with van der Waals surface area (Å²) in [5.74, 6) is 0.426. The molecule has 6 heteroatoms. The highest BCUT2D eigenvalue weighted by Gasteiger charge is 2.29. The number of aromatic nitrogens is 1. The topological polar surface area (TPSA) is 80.3 Å². The van der Waals surface area contributed by atoms with Gasteiger partial charge in [0.25, 0.3) is 5.91 Å². The maximum Gasteiger partial charge on any atom is 0.257 e. The van der Waals surface area contributed by atoms with Crippen molar-refractivity contribution >= 4 is 23.2 Å². The Balaban J connectivity index is 1.60. The van der Waals surface area contributed by atoms with E-state index in [2.05, 4.69) is 15.6 Å². The third-order valence-corrected chi connectivity index (χ3v) is 3.57. The van der Waals surface area contributed by atoms with Crippen LogP contribution in [0.3, 0.4) is 0 Å². The predicted molar refractivity (Wildman–Crippen MR) is 86.5 cm³/mol. The molecular weight excluding hydrogens is 294 g/mol. The third-order valence-electron chi connectivity index (χ3n) is 3.57. The molecule has 23 heavy (non-hydrogen) atoms. The zero-order valence-corrected chi connectivity index (χ0v) is 12.7. The first-order valence-electron chi connectivity index (χ1n) is 7.38. The SMILES string of the molecule is COc1ccc(C(=O)Nc2ccc(NC(=O)C3CC3)cc2)cn1. The highest BCUT2D eigenvalue weighted by Crippen LogP contribution is 2.30. The molecule has 1 aliphatic rings. The summed E-state index contributed by atoms with van der Waals surface area (Å²) in [7, 11) is 1.52. The molecule has 1 fully saturated rings. The van der Waals surface area contributed by atoms with Crippen LogP contribution in [0.1, 0.15) is 23.2 Å². The molecule has 118 valence electrons. The van der Waals surface area contributed by atoms with E-state index in [0.29, 0.717) is 17.1 Å². The minimum atomic E-state index is -0.255. The van der Waals surface area contributed by atoms with Gasteiger partial charge in [-0.2, -0.15) is 0 Å². The number of benzene rings is 1. The van der Waals surface area contributed by atoms with Crippen molar-refractivity contribution in [1.29, 1.82) is 0 Å². The van der Waals surface area contributed by atoms with E-state index in [4.69, 9.17) is 4.74 Å². The molecule has 1 heterocycles. The van der Waals surface area contributed by atoms with E-state index in [1.54, 1.807) is 36.4 Å². The number of ether oxygens (including phenoxy) is 1. The van der Waals surface area contributed by atoms with Gasteiger partial charge >= 0.3 is 0 Å². The summed E-state index contributed by atoms with van der Waals surface area (Å²) >= 11 is 0. The van der Waals surface area contributed by atoms with Crippen LogP contribution in [0.2, 0.25) is 0 Å². The lowest BCUT2D eigenvalue weighted by Gasteiger charge is -2.08. The van der Waals surface area contributed by atoms with E-state index in [0.717, 1.165) is 18.5 Å². The number of rotatable bonds is 5. The Labute approximate surface area is 133 Å². The van der Waals surface area contributed by atoms with Crippen molar-refractivity contribution in [1.82, 2.24) is 4.98 Å². The number of nitrogens with one attached hydrogen (secondary N) is 2. The van der Waals surface area contributed by atoms with Crippen molar-refractivity contribution < 1.29 is 14.3 Å². The standard InChI is InChI=1S/C17H17N3O3/c1-23-15-9-4-12(10-18-15)17(22)20-14-7-5-13(6-8-14)19-16(21)11-2-3-11/h4-11H,2-3H2,1H3,(H,19,21)(H,20,22). The first-order valence-corrected chi connectivity index (χ1v) is 7.38. The van der Waals surface area contributed by atoms with Gasteiger partial charge in [0.15, 0.2) is 0 Å². The Hall–Kier alpha value is -2.89. The Bertz CT molecular complexity index is 707. The number of methoxy groups -OCH3 is 1. The monoisotopic (exact) mass is 311 g/mol. The molecule has 0 bridgehead atoms. The first-order chi connectivity index (χ1) is 11.2. The Kier molecular flexibility index (Phi) is 4.23. The zero-order chi connectivity index (χ0) is 16.2. The number of anilines is 2. The molecule has 2 aromatic rings. The zero-order valence-electron chi connectivity index (χ0n) is 12.7. The van der Waals surface area contributed by atoms with Crippen molar-refractivity contribution in [2.24, 2.45) is 5.92 Å². The van der Waals surface area contributed by atoms with Gasteiger partial charge in [0.1, 0.15) is 0 Å². The maximum atomic E-state index is 12.1. The van der Waals surface area contributed by atoms with Crippen molar-refractivity contribution in [2.75, 3.05) is 17.7 Å². The van der Waals surface area contributed by atoms with Crippen molar-refractivity contribution in [3.63, 3.8) is 0 Å². The average Bonchev–Trinajstić information content (AvgIpc) is 3.42. The van der Waals surface area contributed by atoms with E-state index in [9.17, 15) is 9.59 Å². The van der Waals surface area contributed by atoms with Crippen molar-refractivity contribution in [2.45, 2.75) is 12.8 Å². The average molecular weight is 311 g/mol. The molecule has 0 atom stereocenters. The summed E-state index contributed by atoms with van der Waals surface area (Å²) in [6, 6.07) is 10.3. The van der Waals surface area contributed by atoms with Gasteiger partial charge < -0.3 is 15.4 Å². The second-order valence-electron chi connectivity index (χ2n) is 5.38. The van der Waals surface area contributed by atoms with Crippen LogP contribution in [0.15, 0.2) is 42.6 Å². The molecule has 0 aliphatic heterocycles. The Morgan fingerprint density at radius 1 is 1.04 bits per heavy atom. The second kappa shape index (κ2) is 6.48. The van der Waals surface area contributed by atoms with Crippen LogP contribution in [-0.4, -0.2) is 23.9 Å². The lowest BCUT2D eigenvalue weighted by molar-refractivity contribution is -0.117. The lowest BCUT2D eigenvalue weighted by atomic mass is 10.2. The van der Waals surface area contributed by atoms with Crippen LogP contribution in [-0.2, 0) is 4.79 Å². The molecule has 0 saturated heterocycles. The molecule has 2 N–H and O–H groups in total. The van der Waals surface area contributed by atoms with Crippen LogP contribution in [0.4, 0.5) is 11.4 Å². The van der Waals surface area contributed by atoms with Gasteiger partial charge in [0.2, 0.25) is 11.8 Å². The molecule has 0 radical (unpaired) electrons. The molecule has 1 aromatic heterocycles. The lowest BCUT2D eigenvalue weighted by Crippen LogP contribution is -2.14. The van der Waals surface area contributed by atoms with E-state index in [-0.39, 0.29) is 17.7 Å². The van der Waals surface area contributed by atoms with E-state index >= 15 is 0 Å². The smallest absolute Gasteiger partial charge is 0.257 e. The molecule has 1 aromatic carbocycles. The van der Waals surface area contributed by atoms with Crippen LogP contribution in [0, 0.1) is 5.92 Å². The molecule has 0 unspecified atom stereocenters. The van der Waals surface area contributed by atoms with Gasteiger partial charge in [0, 0.05) is 29.6 Å². The molecule has 1 aliphatic carbocycles. The fourth-order valence-corrected chi connectivity index (χ4v) is 2.07. The normalized spacial score (nSPS) is 13.3. The van der Waals surface area contributed by atoms with Gasteiger partial charge in [-0.25, -0.2) is 4.98 Å². The molecular formula is C17H17N3O3. The number of carbonyl (C=O) groups excluding carboxylic acids is 2. The Morgan fingerprint density at radius 2 is 1.70 bits per heavy atom. The van der Waals surface area contributed by atoms with Crippen LogP contribution in [0.25, 0.3) is 0 Å². The van der Waals surface area contributed by atoms with Gasteiger partial charge in [0.05, 0.1) is 12.7 Å². The number of hydrogen-bond donors (Lipinski definition) is 2. The fraction of sp³-hybridized carbons (Fsp3) is 0.235. The summed E-state index contributed by atoms with van der Waals surface area (Å²) in [4.78, 5) is 27.8. The van der Waals surface area contributed by atoms with Gasteiger partial charge in [-0.3, -0.25) is 9.59 Å². The number of hydrogen-bond acceptors (Lipinski definition) is 4. The minimum Gasteiger partial charge on any atom is -0.481 e. The van der Waals surface area contributed by atoms with Crippen molar-refractivity contribution in [3.8, 4) is 5.88 Å². The van der Waals surface area contributed by atoms with E-state index in [1.165, 1.54) is 13.3 Å². The van der Waals surface area contributed by atoms with Gasteiger partial charge in [-0.15, -0.1) is 0 Å². The molecule has 1 saturated carbocycles.